The fraction of sp³-hybridized carbons (Fsp3) is 0.133. The summed E-state index contributed by atoms with van der Waals surface area (Å²) in [6, 6.07) is 5.67. The largest absolute Gasteiger partial charge is 0.478 e. The van der Waals surface area contributed by atoms with Gasteiger partial charge in [-0.05, 0) is 24.3 Å². The van der Waals surface area contributed by atoms with Gasteiger partial charge in [-0.3, -0.25) is 4.40 Å². The van der Waals surface area contributed by atoms with Gasteiger partial charge in [0.15, 0.2) is 18.1 Å². The standard InChI is InChI=1S/C15H10F3N3O4/c16-15(17,18)8-24-11-2-1-5-19-13(11)25-9-3-4-12-20-6-10(14(22)23)21(12)7-9/h1-7H,8H2,(H,22,23). The van der Waals surface area contributed by atoms with E-state index in [1.54, 1.807) is 0 Å². The van der Waals surface area contributed by atoms with Crippen LogP contribution >= 0.6 is 0 Å². The molecule has 3 heterocycles. The zero-order chi connectivity index (χ0) is 18.0. The summed E-state index contributed by atoms with van der Waals surface area (Å²) in [5.41, 5.74) is 0.286. The van der Waals surface area contributed by atoms with Crippen LogP contribution in [-0.2, 0) is 0 Å². The first kappa shape index (κ1) is 16.6. The lowest BCUT2D eigenvalue weighted by Gasteiger charge is -2.12. The number of pyridine rings is 2. The first-order valence-corrected chi connectivity index (χ1v) is 6.86. The fourth-order valence-electron chi connectivity index (χ4n) is 2.01. The molecule has 3 rings (SSSR count). The van der Waals surface area contributed by atoms with Gasteiger partial charge in [0, 0.05) is 6.20 Å². The number of carboxylic acid groups (broad SMARTS) is 1. The number of carbonyl (C=O) groups is 1. The summed E-state index contributed by atoms with van der Waals surface area (Å²) in [6.45, 7) is -1.49. The maximum absolute atomic E-state index is 12.3. The number of fused-ring (bicyclic) bond motifs is 1. The SMILES string of the molecule is O=C(O)c1cnc2ccc(Oc3ncccc3OCC(F)(F)F)cn12. The van der Waals surface area contributed by atoms with Crippen LogP contribution in [0.2, 0.25) is 0 Å². The van der Waals surface area contributed by atoms with Crippen LogP contribution in [0.5, 0.6) is 17.4 Å². The zero-order valence-electron chi connectivity index (χ0n) is 12.4. The van der Waals surface area contributed by atoms with Crippen molar-refractivity contribution in [2.75, 3.05) is 6.61 Å². The number of aromatic carboxylic acids is 1. The molecule has 0 fully saturated rings. The summed E-state index contributed by atoms with van der Waals surface area (Å²) in [7, 11) is 0. The van der Waals surface area contributed by atoms with E-state index in [4.69, 9.17) is 9.84 Å². The van der Waals surface area contributed by atoms with E-state index in [9.17, 15) is 18.0 Å². The van der Waals surface area contributed by atoms with Gasteiger partial charge in [-0.2, -0.15) is 13.2 Å². The maximum Gasteiger partial charge on any atom is 0.422 e. The summed E-state index contributed by atoms with van der Waals surface area (Å²) in [5, 5.41) is 9.10. The second-order valence-corrected chi connectivity index (χ2v) is 4.85. The Kier molecular flexibility index (Phi) is 4.17. The highest BCUT2D eigenvalue weighted by molar-refractivity contribution is 5.86. The number of nitrogens with zero attached hydrogens (tertiary/aromatic N) is 3. The molecule has 0 bridgehead atoms. The minimum atomic E-state index is -4.50. The highest BCUT2D eigenvalue weighted by Gasteiger charge is 2.29. The number of aromatic nitrogens is 3. The molecule has 0 unspecified atom stereocenters. The predicted molar refractivity (Wildman–Crippen MR) is 78.0 cm³/mol. The van der Waals surface area contributed by atoms with Crippen molar-refractivity contribution in [3.05, 3.63) is 48.5 Å². The monoisotopic (exact) mass is 353 g/mol. The van der Waals surface area contributed by atoms with Crippen LogP contribution in [0.4, 0.5) is 13.2 Å². The topological polar surface area (TPSA) is 86.0 Å². The molecule has 0 aliphatic carbocycles. The van der Waals surface area contributed by atoms with Gasteiger partial charge < -0.3 is 14.6 Å². The van der Waals surface area contributed by atoms with Crippen LogP contribution in [0, 0.1) is 0 Å². The van der Waals surface area contributed by atoms with Gasteiger partial charge in [0.2, 0.25) is 0 Å². The molecule has 10 heteroatoms. The van der Waals surface area contributed by atoms with E-state index in [-0.39, 0.29) is 23.1 Å². The van der Waals surface area contributed by atoms with E-state index in [0.717, 1.165) is 0 Å². The molecule has 0 radical (unpaired) electrons. The zero-order valence-corrected chi connectivity index (χ0v) is 12.4. The average molecular weight is 353 g/mol. The average Bonchev–Trinajstić information content (AvgIpc) is 2.96. The molecular weight excluding hydrogens is 343 g/mol. The third kappa shape index (κ3) is 3.79. The molecule has 0 atom stereocenters. The molecule has 3 aromatic heterocycles. The molecule has 25 heavy (non-hydrogen) atoms. The Bertz CT molecular complexity index is 924. The number of hydrogen-bond donors (Lipinski definition) is 1. The van der Waals surface area contributed by atoms with Crippen LogP contribution in [0.15, 0.2) is 42.9 Å². The molecule has 3 aromatic rings. The lowest BCUT2D eigenvalue weighted by Crippen LogP contribution is -2.19. The van der Waals surface area contributed by atoms with Crippen molar-refractivity contribution in [3.63, 3.8) is 0 Å². The molecule has 1 N–H and O–H groups in total. The molecule has 7 nitrogen and oxygen atoms in total. The number of halogens is 3. The number of hydrogen-bond acceptors (Lipinski definition) is 5. The van der Waals surface area contributed by atoms with Gasteiger partial charge in [-0.1, -0.05) is 0 Å². The minimum absolute atomic E-state index is 0.0879. The Morgan fingerprint density at radius 3 is 2.76 bits per heavy atom. The molecule has 0 aliphatic rings. The van der Waals surface area contributed by atoms with Crippen molar-refractivity contribution < 1.29 is 32.5 Å². The summed E-state index contributed by atoms with van der Waals surface area (Å²) >= 11 is 0. The van der Waals surface area contributed by atoms with Gasteiger partial charge >= 0.3 is 12.1 Å². The van der Waals surface area contributed by atoms with Gasteiger partial charge in [0.05, 0.1) is 12.4 Å². The molecule has 0 saturated heterocycles. The highest BCUT2D eigenvalue weighted by Crippen LogP contribution is 2.30. The third-order valence-electron chi connectivity index (χ3n) is 3.04. The van der Waals surface area contributed by atoms with Crippen LogP contribution in [0.1, 0.15) is 10.5 Å². The first-order valence-electron chi connectivity index (χ1n) is 6.86. The van der Waals surface area contributed by atoms with E-state index in [1.807, 2.05) is 0 Å². The van der Waals surface area contributed by atoms with E-state index in [0.29, 0.717) is 5.65 Å². The van der Waals surface area contributed by atoms with Gasteiger partial charge in [-0.25, -0.2) is 14.8 Å². The molecule has 0 aromatic carbocycles. The number of imidazole rings is 1. The van der Waals surface area contributed by atoms with Crippen LogP contribution < -0.4 is 9.47 Å². The van der Waals surface area contributed by atoms with E-state index in [1.165, 1.54) is 47.3 Å². The number of carboxylic acids is 1. The molecular formula is C15H10F3N3O4. The number of ether oxygens (including phenoxy) is 2. The smallest absolute Gasteiger partial charge is 0.422 e. The first-order chi connectivity index (χ1) is 11.8. The molecule has 0 spiro atoms. The lowest BCUT2D eigenvalue weighted by molar-refractivity contribution is -0.153. The quantitative estimate of drug-likeness (QED) is 0.758. The number of rotatable bonds is 5. The molecule has 130 valence electrons. The summed E-state index contributed by atoms with van der Waals surface area (Å²) in [4.78, 5) is 18.9. The summed E-state index contributed by atoms with van der Waals surface area (Å²) < 4.78 is 48.3. The third-order valence-corrected chi connectivity index (χ3v) is 3.04. The van der Waals surface area contributed by atoms with Crippen molar-refractivity contribution in [3.8, 4) is 17.4 Å². The second kappa shape index (κ2) is 6.30. The Balaban J connectivity index is 1.88. The van der Waals surface area contributed by atoms with Crippen LogP contribution in [0.25, 0.3) is 5.65 Å². The minimum Gasteiger partial charge on any atom is -0.478 e. The van der Waals surface area contributed by atoms with Crippen molar-refractivity contribution in [1.29, 1.82) is 0 Å². The Labute approximate surface area is 138 Å². The van der Waals surface area contributed by atoms with Crippen molar-refractivity contribution in [2.45, 2.75) is 6.18 Å². The Hall–Kier alpha value is -3.30. The highest BCUT2D eigenvalue weighted by atomic mass is 19.4. The summed E-state index contributed by atoms with van der Waals surface area (Å²) in [6.07, 6.45) is -0.651. The Morgan fingerprint density at radius 1 is 1.24 bits per heavy atom. The Morgan fingerprint density at radius 2 is 2.04 bits per heavy atom. The number of alkyl halides is 3. The van der Waals surface area contributed by atoms with Gasteiger partial charge in [0.1, 0.15) is 11.4 Å². The predicted octanol–water partition coefficient (Wildman–Crippen LogP) is 3.16. The fourth-order valence-corrected chi connectivity index (χ4v) is 2.01. The molecule has 0 aliphatic heterocycles. The normalized spacial score (nSPS) is 11.5. The van der Waals surface area contributed by atoms with E-state index < -0.39 is 18.8 Å². The van der Waals surface area contributed by atoms with Crippen molar-refractivity contribution in [2.24, 2.45) is 0 Å². The molecule has 0 saturated carbocycles. The van der Waals surface area contributed by atoms with Crippen molar-refractivity contribution >= 4 is 11.6 Å². The van der Waals surface area contributed by atoms with Gasteiger partial charge in [-0.15, -0.1) is 0 Å². The van der Waals surface area contributed by atoms with Crippen molar-refractivity contribution in [1.82, 2.24) is 14.4 Å². The van der Waals surface area contributed by atoms with E-state index in [2.05, 4.69) is 14.7 Å². The maximum atomic E-state index is 12.3. The second-order valence-electron chi connectivity index (χ2n) is 4.85. The molecule has 0 amide bonds. The van der Waals surface area contributed by atoms with Crippen LogP contribution in [0.3, 0.4) is 0 Å². The van der Waals surface area contributed by atoms with E-state index >= 15 is 0 Å². The summed E-state index contributed by atoms with van der Waals surface area (Å²) in [5.74, 6) is -1.40. The lowest BCUT2D eigenvalue weighted by atomic mass is 10.4. The van der Waals surface area contributed by atoms with Crippen LogP contribution in [-0.4, -0.2) is 38.2 Å². The van der Waals surface area contributed by atoms with Gasteiger partial charge in [0.25, 0.3) is 5.88 Å².